The number of phenolic OH excluding ortho intramolecular Hbond substituents is 1. The van der Waals surface area contributed by atoms with Crippen molar-refractivity contribution in [2.75, 3.05) is 6.54 Å². The van der Waals surface area contributed by atoms with Crippen molar-refractivity contribution in [3.8, 4) is 5.75 Å². The molecule has 0 aromatic heterocycles. The third-order valence-corrected chi connectivity index (χ3v) is 6.38. The van der Waals surface area contributed by atoms with Gasteiger partial charge in [0.05, 0.1) is 17.9 Å². The first-order chi connectivity index (χ1) is 12.4. The van der Waals surface area contributed by atoms with E-state index in [1.165, 1.54) is 4.90 Å². The van der Waals surface area contributed by atoms with Crippen molar-refractivity contribution in [2.45, 2.75) is 45.0 Å². The zero-order chi connectivity index (χ0) is 18.6. The highest BCUT2D eigenvalue weighted by Gasteiger charge is 2.65. The number of para-hydroxylation sites is 1. The number of hydrogen-bond donors (Lipinski definition) is 2. The first kappa shape index (κ1) is 17.5. The molecule has 4 rings (SSSR count). The molecule has 2 N–H and O–H groups in total. The number of nitrogens with zero attached hydrogens (tertiary/aromatic N) is 1. The van der Waals surface area contributed by atoms with Crippen molar-refractivity contribution in [3.63, 3.8) is 0 Å². The maximum atomic E-state index is 12.9. The number of amides is 2. The average Bonchev–Trinajstić information content (AvgIpc) is 3.07. The molecule has 1 aliphatic carbocycles. The molecule has 2 amide bonds. The van der Waals surface area contributed by atoms with Crippen molar-refractivity contribution < 1.29 is 24.5 Å². The molecule has 6 heteroatoms. The van der Waals surface area contributed by atoms with E-state index in [2.05, 4.69) is 0 Å². The largest absolute Gasteiger partial charge is 0.508 e. The lowest BCUT2D eigenvalue weighted by Crippen LogP contribution is -2.52. The van der Waals surface area contributed by atoms with Crippen LogP contribution in [0.15, 0.2) is 24.3 Å². The summed E-state index contributed by atoms with van der Waals surface area (Å²) in [5.41, 5.74) is 0.612. The van der Waals surface area contributed by atoms with Gasteiger partial charge in [-0.25, -0.2) is 0 Å². The molecule has 2 heterocycles. The minimum Gasteiger partial charge on any atom is -0.508 e. The van der Waals surface area contributed by atoms with E-state index in [0.29, 0.717) is 24.9 Å². The number of aromatic hydroxyl groups is 1. The Kier molecular flexibility index (Phi) is 4.08. The Labute approximate surface area is 152 Å². The summed E-state index contributed by atoms with van der Waals surface area (Å²) in [6, 6.07) is 6.90. The van der Waals surface area contributed by atoms with Crippen LogP contribution in [0.5, 0.6) is 5.75 Å². The van der Waals surface area contributed by atoms with Crippen LogP contribution in [0.3, 0.4) is 0 Å². The SMILES string of the molecule is CCCN1C(=O)[C@H]2[C@H](C[C@H](C)[C@@]3(O)O[C@H](c4ccccc4O)C[C@@H]23)C1=O. The molecule has 1 saturated carbocycles. The number of ether oxygens (including phenoxy) is 1. The average molecular weight is 359 g/mol. The topological polar surface area (TPSA) is 87.1 Å². The molecule has 6 nitrogen and oxygen atoms in total. The predicted molar refractivity (Wildman–Crippen MR) is 92.8 cm³/mol. The van der Waals surface area contributed by atoms with Gasteiger partial charge >= 0.3 is 0 Å². The number of aliphatic hydroxyl groups is 1. The highest BCUT2D eigenvalue weighted by atomic mass is 16.6. The molecular weight excluding hydrogens is 334 g/mol. The Hall–Kier alpha value is -1.92. The molecule has 1 aromatic carbocycles. The van der Waals surface area contributed by atoms with Gasteiger partial charge in [0.2, 0.25) is 11.8 Å². The van der Waals surface area contributed by atoms with Crippen molar-refractivity contribution in [1.29, 1.82) is 0 Å². The molecule has 0 bridgehead atoms. The van der Waals surface area contributed by atoms with Crippen molar-refractivity contribution in [1.82, 2.24) is 4.90 Å². The summed E-state index contributed by atoms with van der Waals surface area (Å²) in [4.78, 5) is 27.0. The van der Waals surface area contributed by atoms with Crippen LogP contribution in [0.2, 0.25) is 0 Å². The zero-order valence-corrected chi connectivity index (χ0v) is 15.1. The first-order valence-corrected chi connectivity index (χ1v) is 9.41. The van der Waals surface area contributed by atoms with Crippen LogP contribution >= 0.6 is 0 Å². The third kappa shape index (κ3) is 2.32. The number of imide groups is 1. The Morgan fingerprint density at radius 1 is 1.23 bits per heavy atom. The number of rotatable bonds is 3. The number of phenols is 1. The third-order valence-electron chi connectivity index (χ3n) is 6.38. The normalized spacial score (nSPS) is 39.2. The van der Waals surface area contributed by atoms with Gasteiger partial charge in [-0.3, -0.25) is 14.5 Å². The van der Waals surface area contributed by atoms with E-state index in [9.17, 15) is 19.8 Å². The second-order valence-electron chi connectivity index (χ2n) is 7.86. The molecule has 0 spiro atoms. The highest BCUT2D eigenvalue weighted by molar-refractivity contribution is 6.05. The van der Waals surface area contributed by atoms with Crippen LogP contribution in [0.1, 0.15) is 44.8 Å². The number of carbonyl (C=O) groups is 2. The maximum Gasteiger partial charge on any atom is 0.233 e. The van der Waals surface area contributed by atoms with Gasteiger partial charge in [-0.15, -0.1) is 0 Å². The van der Waals surface area contributed by atoms with Gasteiger partial charge in [0.15, 0.2) is 5.79 Å². The minimum absolute atomic E-state index is 0.109. The van der Waals surface area contributed by atoms with Crippen LogP contribution in [0.25, 0.3) is 0 Å². The highest BCUT2D eigenvalue weighted by Crippen LogP contribution is 2.58. The predicted octanol–water partition coefficient (Wildman–Crippen LogP) is 2.21. The van der Waals surface area contributed by atoms with E-state index in [1.807, 2.05) is 19.9 Å². The summed E-state index contributed by atoms with van der Waals surface area (Å²) in [6.45, 7) is 4.24. The molecule has 2 aliphatic heterocycles. The molecular formula is C20H25NO5. The smallest absolute Gasteiger partial charge is 0.233 e. The lowest BCUT2D eigenvalue weighted by Gasteiger charge is -2.43. The van der Waals surface area contributed by atoms with Gasteiger partial charge < -0.3 is 14.9 Å². The molecule has 1 aromatic rings. The lowest BCUT2D eigenvalue weighted by molar-refractivity contribution is -0.265. The van der Waals surface area contributed by atoms with Gasteiger partial charge in [-0.05, 0) is 25.3 Å². The minimum atomic E-state index is -1.45. The van der Waals surface area contributed by atoms with E-state index in [1.54, 1.807) is 18.2 Å². The van der Waals surface area contributed by atoms with E-state index in [0.717, 1.165) is 6.42 Å². The molecule has 3 aliphatic rings. The number of benzene rings is 1. The fraction of sp³-hybridized carbons (Fsp3) is 0.600. The summed E-state index contributed by atoms with van der Waals surface area (Å²) in [7, 11) is 0. The number of likely N-dealkylation sites (tertiary alicyclic amines) is 1. The number of carbonyl (C=O) groups excluding carboxylic acids is 2. The monoisotopic (exact) mass is 359 g/mol. The summed E-state index contributed by atoms with van der Waals surface area (Å²) in [5.74, 6) is -3.24. The van der Waals surface area contributed by atoms with Crippen LogP contribution in [0, 0.1) is 23.7 Å². The summed E-state index contributed by atoms with van der Waals surface area (Å²) in [6.07, 6.45) is 1.09. The van der Waals surface area contributed by atoms with Gasteiger partial charge in [-0.2, -0.15) is 0 Å². The summed E-state index contributed by atoms with van der Waals surface area (Å²) in [5, 5.41) is 21.4. The summed E-state index contributed by atoms with van der Waals surface area (Å²) >= 11 is 0. The summed E-state index contributed by atoms with van der Waals surface area (Å²) < 4.78 is 6.03. The van der Waals surface area contributed by atoms with Crippen LogP contribution < -0.4 is 0 Å². The van der Waals surface area contributed by atoms with Crippen LogP contribution in [-0.4, -0.2) is 39.3 Å². The van der Waals surface area contributed by atoms with E-state index in [4.69, 9.17) is 4.74 Å². The second kappa shape index (κ2) is 6.06. The standard InChI is InChI=1S/C20H25NO5/c1-3-8-21-18(23)13-9-11(2)20(25)14(17(13)19(21)24)10-16(26-20)12-6-4-5-7-15(12)22/h4-7,11,13-14,16-17,22,25H,3,8-10H2,1-2H3/t11-,13-,14-,16-,17-,20+/m0/s1. The Balaban J connectivity index is 1.69. The van der Waals surface area contributed by atoms with Gasteiger partial charge in [-0.1, -0.05) is 32.0 Å². The molecule has 6 atom stereocenters. The van der Waals surface area contributed by atoms with Crippen LogP contribution in [-0.2, 0) is 14.3 Å². The fourth-order valence-corrected chi connectivity index (χ4v) is 5.11. The second-order valence-corrected chi connectivity index (χ2v) is 7.86. The molecule has 0 unspecified atom stereocenters. The zero-order valence-electron chi connectivity index (χ0n) is 15.1. The van der Waals surface area contributed by atoms with Crippen molar-refractivity contribution in [3.05, 3.63) is 29.8 Å². The fourth-order valence-electron chi connectivity index (χ4n) is 5.11. The van der Waals surface area contributed by atoms with Crippen LogP contribution in [0.4, 0.5) is 0 Å². The van der Waals surface area contributed by atoms with Crippen molar-refractivity contribution >= 4 is 11.8 Å². The van der Waals surface area contributed by atoms with E-state index in [-0.39, 0.29) is 29.4 Å². The van der Waals surface area contributed by atoms with Gasteiger partial charge in [0.1, 0.15) is 5.75 Å². The Morgan fingerprint density at radius 2 is 1.96 bits per heavy atom. The maximum absolute atomic E-state index is 12.9. The Morgan fingerprint density at radius 3 is 2.65 bits per heavy atom. The number of hydrogen-bond acceptors (Lipinski definition) is 5. The van der Waals surface area contributed by atoms with Gasteiger partial charge in [0, 0.05) is 23.9 Å². The Bertz CT molecular complexity index is 749. The first-order valence-electron chi connectivity index (χ1n) is 9.41. The molecule has 26 heavy (non-hydrogen) atoms. The van der Waals surface area contributed by atoms with E-state index < -0.39 is 23.7 Å². The van der Waals surface area contributed by atoms with Gasteiger partial charge in [0.25, 0.3) is 0 Å². The van der Waals surface area contributed by atoms with Crippen molar-refractivity contribution in [2.24, 2.45) is 23.7 Å². The molecule has 0 radical (unpaired) electrons. The molecule has 2 saturated heterocycles. The lowest BCUT2D eigenvalue weighted by atomic mass is 9.65. The molecule has 140 valence electrons. The quantitative estimate of drug-likeness (QED) is 0.808. The molecule has 3 fully saturated rings. The van der Waals surface area contributed by atoms with E-state index >= 15 is 0 Å². The number of fused-ring (bicyclic) bond motifs is 3.